The molecule has 2 aromatic heterocycles. The molecule has 1 fully saturated rings. The van der Waals surface area contributed by atoms with Gasteiger partial charge in [0.25, 0.3) is 0 Å². The molecule has 0 radical (unpaired) electrons. The van der Waals surface area contributed by atoms with Crippen molar-refractivity contribution in [1.82, 2.24) is 24.7 Å². The highest BCUT2D eigenvalue weighted by molar-refractivity contribution is 8.01. The van der Waals surface area contributed by atoms with Crippen LogP contribution in [0, 0.1) is 0 Å². The highest BCUT2D eigenvalue weighted by atomic mass is 32.2. The molecule has 0 spiro atoms. The number of amides is 1. The number of carbonyl (C=O) groups is 1. The first-order chi connectivity index (χ1) is 14.3. The molecule has 2 heterocycles. The van der Waals surface area contributed by atoms with Gasteiger partial charge in [0.15, 0.2) is 10.2 Å². The van der Waals surface area contributed by atoms with Gasteiger partial charge in [-0.2, -0.15) is 4.52 Å². The van der Waals surface area contributed by atoms with E-state index < -0.39 is 0 Å². The van der Waals surface area contributed by atoms with Crippen LogP contribution in [0.3, 0.4) is 0 Å². The Labute approximate surface area is 186 Å². The lowest BCUT2D eigenvalue weighted by atomic mass is 9.87. The Hall–Kier alpha value is -1.93. The maximum absolute atomic E-state index is 12.6. The lowest BCUT2D eigenvalue weighted by Crippen LogP contribution is -2.39. The number of hydrogen-bond donors (Lipinski definition) is 0. The SMILES string of the molecule is CN(C(=O)CSc1nn2c(-c3ccc(C(C)(C)C)cc3)nnc2s1)C1CCCCC1. The third kappa shape index (κ3) is 4.54. The van der Waals surface area contributed by atoms with Gasteiger partial charge in [0.05, 0.1) is 5.75 Å². The van der Waals surface area contributed by atoms with Gasteiger partial charge in [0.1, 0.15) is 0 Å². The quantitative estimate of drug-likeness (QED) is 0.517. The number of thioether (sulfide) groups is 1. The molecular formula is C22H29N5OS2. The van der Waals surface area contributed by atoms with E-state index in [-0.39, 0.29) is 11.3 Å². The number of rotatable bonds is 5. The van der Waals surface area contributed by atoms with E-state index in [9.17, 15) is 4.79 Å². The predicted molar refractivity (Wildman–Crippen MR) is 123 cm³/mol. The minimum Gasteiger partial charge on any atom is -0.342 e. The third-order valence-electron chi connectivity index (χ3n) is 5.82. The Morgan fingerprint density at radius 3 is 2.53 bits per heavy atom. The van der Waals surface area contributed by atoms with Crippen molar-refractivity contribution >= 4 is 34.0 Å². The first-order valence-electron chi connectivity index (χ1n) is 10.5. The van der Waals surface area contributed by atoms with Gasteiger partial charge in [-0.25, -0.2) is 0 Å². The van der Waals surface area contributed by atoms with Crippen molar-refractivity contribution in [1.29, 1.82) is 0 Å². The van der Waals surface area contributed by atoms with E-state index in [0.717, 1.165) is 33.5 Å². The first kappa shape index (κ1) is 21.3. The summed E-state index contributed by atoms with van der Waals surface area (Å²) < 4.78 is 2.63. The second kappa shape index (κ2) is 8.67. The van der Waals surface area contributed by atoms with Crippen LogP contribution >= 0.6 is 23.1 Å². The summed E-state index contributed by atoms with van der Waals surface area (Å²) in [6.07, 6.45) is 6.00. The van der Waals surface area contributed by atoms with Crippen LogP contribution in [0.4, 0.5) is 0 Å². The number of hydrogen-bond acceptors (Lipinski definition) is 6. The zero-order chi connectivity index (χ0) is 21.3. The highest BCUT2D eigenvalue weighted by Crippen LogP contribution is 2.30. The van der Waals surface area contributed by atoms with E-state index in [0.29, 0.717) is 11.8 Å². The van der Waals surface area contributed by atoms with Crippen LogP contribution in [0.25, 0.3) is 16.3 Å². The van der Waals surface area contributed by atoms with Crippen LogP contribution < -0.4 is 0 Å². The lowest BCUT2D eigenvalue weighted by molar-refractivity contribution is -0.129. The lowest BCUT2D eigenvalue weighted by Gasteiger charge is -2.31. The second-order valence-corrected chi connectivity index (χ2v) is 11.2. The van der Waals surface area contributed by atoms with Gasteiger partial charge in [-0.1, -0.05) is 87.4 Å². The molecule has 1 amide bonds. The monoisotopic (exact) mass is 443 g/mol. The van der Waals surface area contributed by atoms with Crippen molar-refractivity contribution in [2.45, 2.75) is 68.7 Å². The minimum absolute atomic E-state index is 0.112. The molecule has 0 atom stereocenters. The Kier molecular flexibility index (Phi) is 6.16. The zero-order valence-corrected chi connectivity index (χ0v) is 19.7. The first-order valence-corrected chi connectivity index (χ1v) is 12.3. The smallest absolute Gasteiger partial charge is 0.235 e. The van der Waals surface area contributed by atoms with Crippen LogP contribution in [0.2, 0.25) is 0 Å². The van der Waals surface area contributed by atoms with Gasteiger partial charge < -0.3 is 4.90 Å². The van der Waals surface area contributed by atoms with Crippen molar-refractivity contribution in [2.24, 2.45) is 0 Å². The van der Waals surface area contributed by atoms with Crippen molar-refractivity contribution < 1.29 is 4.79 Å². The topological polar surface area (TPSA) is 63.4 Å². The van der Waals surface area contributed by atoms with Gasteiger partial charge in [-0.3, -0.25) is 4.79 Å². The summed E-state index contributed by atoms with van der Waals surface area (Å²) >= 11 is 2.97. The summed E-state index contributed by atoms with van der Waals surface area (Å²) in [6.45, 7) is 6.61. The zero-order valence-electron chi connectivity index (χ0n) is 18.1. The van der Waals surface area contributed by atoms with Crippen LogP contribution in [-0.2, 0) is 10.2 Å². The molecule has 1 aliphatic rings. The summed E-state index contributed by atoms with van der Waals surface area (Å²) in [4.78, 5) is 15.3. The minimum atomic E-state index is 0.112. The Morgan fingerprint density at radius 1 is 1.17 bits per heavy atom. The molecular weight excluding hydrogens is 414 g/mol. The predicted octanol–water partition coefficient (Wildman–Crippen LogP) is 5.03. The largest absolute Gasteiger partial charge is 0.342 e. The molecule has 0 unspecified atom stereocenters. The number of aromatic nitrogens is 4. The summed E-state index contributed by atoms with van der Waals surface area (Å²) in [7, 11) is 1.94. The maximum Gasteiger partial charge on any atom is 0.235 e. The van der Waals surface area contributed by atoms with Gasteiger partial charge in [0, 0.05) is 18.7 Å². The number of carbonyl (C=O) groups excluding carboxylic acids is 1. The standard InChI is InChI=1S/C22H29N5OS2/c1-22(2,3)16-12-10-15(11-13-16)19-23-24-20-27(19)25-21(30-20)29-14-18(28)26(4)17-8-6-5-7-9-17/h10-13,17H,5-9,14H2,1-4H3. The van der Waals surface area contributed by atoms with Crippen molar-refractivity contribution in [3.8, 4) is 11.4 Å². The molecule has 3 aromatic rings. The highest BCUT2D eigenvalue weighted by Gasteiger charge is 2.23. The summed E-state index contributed by atoms with van der Waals surface area (Å²) in [6, 6.07) is 8.82. The number of fused-ring (bicyclic) bond motifs is 1. The molecule has 0 N–H and O–H groups in total. The van der Waals surface area contributed by atoms with Crippen molar-refractivity contribution in [2.75, 3.05) is 12.8 Å². The van der Waals surface area contributed by atoms with Crippen LogP contribution in [0.5, 0.6) is 0 Å². The van der Waals surface area contributed by atoms with Gasteiger partial charge in [0.2, 0.25) is 10.9 Å². The molecule has 4 rings (SSSR count). The average molecular weight is 444 g/mol. The van der Waals surface area contributed by atoms with E-state index in [1.807, 2.05) is 11.9 Å². The molecule has 0 saturated heterocycles. The van der Waals surface area contributed by atoms with E-state index in [2.05, 4.69) is 60.3 Å². The van der Waals surface area contributed by atoms with Gasteiger partial charge in [-0.05, 0) is 23.8 Å². The van der Waals surface area contributed by atoms with Gasteiger partial charge in [-0.15, -0.1) is 15.3 Å². The fraction of sp³-hybridized carbons (Fsp3) is 0.545. The van der Waals surface area contributed by atoms with E-state index >= 15 is 0 Å². The molecule has 1 aliphatic carbocycles. The summed E-state index contributed by atoms with van der Waals surface area (Å²) in [5.74, 6) is 1.32. The Bertz CT molecular complexity index is 1010. The molecule has 1 aromatic carbocycles. The number of benzene rings is 1. The van der Waals surface area contributed by atoms with Crippen molar-refractivity contribution in [3.63, 3.8) is 0 Å². The Balaban J connectivity index is 1.44. The molecule has 30 heavy (non-hydrogen) atoms. The van der Waals surface area contributed by atoms with Crippen LogP contribution in [-0.4, -0.2) is 49.5 Å². The maximum atomic E-state index is 12.6. The van der Waals surface area contributed by atoms with Crippen molar-refractivity contribution in [3.05, 3.63) is 29.8 Å². The molecule has 1 saturated carbocycles. The van der Waals surface area contributed by atoms with E-state index in [1.165, 1.54) is 47.9 Å². The molecule has 8 heteroatoms. The molecule has 0 bridgehead atoms. The van der Waals surface area contributed by atoms with Gasteiger partial charge >= 0.3 is 0 Å². The molecule has 160 valence electrons. The van der Waals surface area contributed by atoms with Crippen LogP contribution in [0.15, 0.2) is 28.6 Å². The fourth-order valence-corrected chi connectivity index (χ4v) is 5.65. The molecule has 0 aliphatic heterocycles. The van der Waals surface area contributed by atoms with E-state index in [4.69, 9.17) is 0 Å². The van der Waals surface area contributed by atoms with Crippen LogP contribution in [0.1, 0.15) is 58.4 Å². The summed E-state index contributed by atoms with van der Waals surface area (Å²) in [5, 5.41) is 13.3. The van der Waals surface area contributed by atoms with E-state index in [1.54, 1.807) is 4.52 Å². The normalized spacial score (nSPS) is 15.6. The summed E-state index contributed by atoms with van der Waals surface area (Å²) in [5.41, 5.74) is 2.38. The molecule has 6 nitrogen and oxygen atoms in total. The third-order valence-corrected chi connectivity index (χ3v) is 7.83. The average Bonchev–Trinajstić information content (AvgIpc) is 3.32. The fourth-order valence-electron chi connectivity index (χ4n) is 3.85. The number of nitrogens with zero attached hydrogens (tertiary/aromatic N) is 5. The second-order valence-electron chi connectivity index (χ2n) is 9.00. The Morgan fingerprint density at radius 2 is 1.87 bits per heavy atom.